The smallest absolute Gasteiger partial charge is 0.394 e. The SMILES string of the molecule is Cn1cc(NC(=O)NC2(CO)CCOC2)c(C(F)(F)F)n1. The molecule has 0 saturated carbocycles. The number of halogens is 3. The monoisotopic (exact) mass is 308 g/mol. The van der Waals surface area contributed by atoms with Crippen molar-refractivity contribution < 1.29 is 27.8 Å². The fraction of sp³-hybridized carbons (Fsp3) is 0.636. The highest BCUT2D eigenvalue weighted by Crippen LogP contribution is 2.33. The minimum absolute atomic E-state index is 0.107. The minimum atomic E-state index is -4.67. The molecule has 2 heterocycles. The van der Waals surface area contributed by atoms with Gasteiger partial charge in [-0.25, -0.2) is 4.79 Å². The largest absolute Gasteiger partial charge is 0.437 e. The number of ether oxygens (including phenoxy) is 1. The lowest BCUT2D eigenvalue weighted by molar-refractivity contribution is -0.140. The predicted molar refractivity (Wildman–Crippen MR) is 65.6 cm³/mol. The number of carbonyl (C=O) groups excluding carboxylic acids is 1. The molecule has 1 fully saturated rings. The molecule has 1 unspecified atom stereocenters. The molecule has 0 radical (unpaired) electrons. The van der Waals surface area contributed by atoms with Gasteiger partial charge in [-0.05, 0) is 6.42 Å². The van der Waals surface area contributed by atoms with E-state index in [1.54, 1.807) is 0 Å². The summed E-state index contributed by atoms with van der Waals surface area (Å²) in [4.78, 5) is 11.8. The summed E-state index contributed by atoms with van der Waals surface area (Å²) in [5.41, 5.74) is -2.60. The quantitative estimate of drug-likeness (QED) is 0.767. The normalized spacial score (nSPS) is 22.3. The second-order valence-corrected chi connectivity index (χ2v) is 4.88. The molecule has 1 aromatic rings. The molecule has 2 rings (SSSR count). The number of aliphatic hydroxyl groups is 1. The summed E-state index contributed by atoms with van der Waals surface area (Å²) in [6.45, 7) is 0.108. The zero-order valence-electron chi connectivity index (χ0n) is 11.2. The van der Waals surface area contributed by atoms with Gasteiger partial charge in [0.2, 0.25) is 0 Å². The van der Waals surface area contributed by atoms with Crippen LogP contribution in [-0.2, 0) is 18.0 Å². The van der Waals surface area contributed by atoms with Crippen LogP contribution in [0.2, 0.25) is 0 Å². The summed E-state index contributed by atoms with van der Waals surface area (Å²) < 4.78 is 44.3. The van der Waals surface area contributed by atoms with Gasteiger partial charge < -0.3 is 20.5 Å². The van der Waals surface area contributed by atoms with Gasteiger partial charge in [-0.2, -0.15) is 18.3 Å². The van der Waals surface area contributed by atoms with Gasteiger partial charge in [0.1, 0.15) is 0 Å². The number of urea groups is 1. The molecule has 10 heteroatoms. The second-order valence-electron chi connectivity index (χ2n) is 4.88. The first-order valence-electron chi connectivity index (χ1n) is 6.14. The summed E-state index contributed by atoms with van der Waals surface area (Å²) in [6, 6.07) is -0.854. The van der Waals surface area contributed by atoms with E-state index >= 15 is 0 Å². The third-order valence-electron chi connectivity index (χ3n) is 3.13. The van der Waals surface area contributed by atoms with Gasteiger partial charge in [-0.15, -0.1) is 0 Å². The van der Waals surface area contributed by atoms with Crippen LogP contribution in [0.4, 0.5) is 23.7 Å². The van der Waals surface area contributed by atoms with Crippen molar-refractivity contribution in [1.82, 2.24) is 15.1 Å². The molecular weight excluding hydrogens is 293 g/mol. The van der Waals surface area contributed by atoms with Gasteiger partial charge >= 0.3 is 12.2 Å². The molecule has 1 aliphatic heterocycles. The highest BCUT2D eigenvalue weighted by Gasteiger charge is 2.39. The number of anilines is 1. The molecule has 0 bridgehead atoms. The van der Waals surface area contributed by atoms with Gasteiger partial charge in [-0.3, -0.25) is 4.68 Å². The lowest BCUT2D eigenvalue weighted by Crippen LogP contribution is -2.53. The fourth-order valence-electron chi connectivity index (χ4n) is 2.05. The molecular formula is C11H15F3N4O3. The Labute approximate surface area is 118 Å². The Bertz CT molecular complexity index is 523. The van der Waals surface area contributed by atoms with Crippen LogP contribution in [0.3, 0.4) is 0 Å². The average Bonchev–Trinajstić information content (AvgIpc) is 2.96. The van der Waals surface area contributed by atoms with Crippen molar-refractivity contribution in [1.29, 1.82) is 0 Å². The van der Waals surface area contributed by atoms with E-state index in [-0.39, 0.29) is 13.2 Å². The molecule has 21 heavy (non-hydrogen) atoms. The first-order valence-corrected chi connectivity index (χ1v) is 6.14. The second kappa shape index (κ2) is 5.53. The number of amides is 2. The van der Waals surface area contributed by atoms with Crippen molar-refractivity contribution in [3.8, 4) is 0 Å². The number of alkyl halides is 3. The van der Waals surface area contributed by atoms with Crippen molar-refractivity contribution in [3.63, 3.8) is 0 Å². The maximum Gasteiger partial charge on any atom is 0.437 e. The zero-order valence-corrected chi connectivity index (χ0v) is 11.2. The average molecular weight is 308 g/mol. The van der Waals surface area contributed by atoms with Crippen LogP contribution >= 0.6 is 0 Å². The van der Waals surface area contributed by atoms with Gasteiger partial charge in [0.25, 0.3) is 0 Å². The lowest BCUT2D eigenvalue weighted by Gasteiger charge is -2.26. The lowest BCUT2D eigenvalue weighted by atomic mass is 10.0. The Morgan fingerprint density at radius 2 is 2.33 bits per heavy atom. The van der Waals surface area contributed by atoms with Gasteiger partial charge in [0.05, 0.1) is 24.4 Å². The molecule has 2 amide bonds. The van der Waals surface area contributed by atoms with Crippen LogP contribution in [0.25, 0.3) is 0 Å². The van der Waals surface area contributed by atoms with Gasteiger partial charge in [0, 0.05) is 19.9 Å². The number of aliphatic hydroxyl groups excluding tert-OH is 1. The van der Waals surface area contributed by atoms with Crippen molar-refractivity contribution in [2.75, 3.05) is 25.1 Å². The number of hydrogen-bond acceptors (Lipinski definition) is 4. The molecule has 0 aliphatic carbocycles. The van der Waals surface area contributed by atoms with E-state index in [1.807, 2.05) is 0 Å². The van der Waals surface area contributed by atoms with E-state index in [2.05, 4.69) is 15.7 Å². The van der Waals surface area contributed by atoms with Gasteiger partial charge in [0.15, 0.2) is 5.69 Å². The molecule has 118 valence electrons. The van der Waals surface area contributed by atoms with Crippen molar-refractivity contribution >= 4 is 11.7 Å². The number of nitrogens with one attached hydrogen (secondary N) is 2. The summed E-state index contributed by atoms with van der Waals surface area (Å²) >= 11 is 0. The predicted octanol–water partition coefficient (Wildman–Crippen LogP) is 0.712. The van der Waals surface area contributed by atoms with E-state index in [4.69, 9.17) is 4.74 Å². The number of hydrogen-bond donors (Lipinski definition) is 3. The third-order valence-corrected chi connectivity index (χ3v) is 3.13. The van der Waals surface area contributed by atoms with Crippen molar-refractivity contribution in [2.45, 2.75) is 18.1 Å². The van der Waals surface area contributed by atoms with Crippen LogP contribution in [0.15, 0.2) is 6.20 Å². The Balaban J connectivity index is 2.10. The van der Waals surface area contributed by atoms with E-state index in [0.29, 0.717) is 13.0 Å². The molecule has 3 N–H and O–H groups in total. The fourth-order valence-corrected chi connectivity index (χ4v) is 2.05. The highest BCUT2D eigenvalue weighted by atomic mass is 19.4. The Morgan fingerprint density at radius 1 is 1.62 bits per heavy atom. The molecule has 1 saturated heterocycles. The molecule has 0 spiro atoms. The molecule has 0 aromatic carbocycles. The standard InChI is InChI=1S/C11H15F3N4O3/c1-18-4-7(8(17-18)11(12,13)14)15-9(20)16-10(5-19)2-3-21-6-10/h4,19H,2-3,5-6H2,1H3,(H2,15,16,20). The van der Waals surface area contributed by atoms with Gasteiger partial charge in [-0.1, -0.05) is 0 Å². The number of rotatable bonds is 3. The maximum atomic E-state index is 12.8. The first kappa shape index (κ1) is 15.6. The third kappa shape index (κ3) is 3.45. The van der Waals surface area contributed by atoms with Crippen LogP contribution in [0.5, 0.6) is 0 Å². The summed E-state index contributed by atoms with van der Waals surface area (Å²) in [5, 5.41) is 17.1. The van der Waals surface area contributed by atoms with Crippen LogP contribution in [0.1, 0.15) is 12.1 Å². The topological polar surface area (TPSA) is 88.4 Å². The molecule has 7 nitrogen and oxygen atoms in total. The van der Waals surface area contributed by atoms with Crippen LogP contribution < -0.4 is 10.6 Å². The molecule has 1 aromatic heterocycles. The number of carbonyl (C=O) groups is 1. The number of nitrogens with zero attached hydrogens (tertiary/aromatic N) is 2. The van der Waals surface area contributed by atoms with Crippen LogP contribution in [-0.4, -0.2) is 46.3 Å². The van der Waals surface area contributed by atoms with Crippen molar-refractivity contribution in [3.05, 3.63) is 11.9 Å². The molecule has 1 aliphatic rings. The van der Waals surface area contributed by atoms with E-state index in [9.17, 15) is 23.1 Å². The zero-order chi connectivity index (χ0) is 15.7. The van der Waals surface area contributed by atoms with Crippen LogP contribution in [0, 0.1) is 0 Å². The minimum Gasteiger partial charge on any atom is -0.394 e. The summed E-state index contributed by atoms with van der Waals surface area (Å²) in [6.07, 6.45) is -3.23. The van der Waals surface area contributed by atoms with E-state index < -0.39 is 29.1 Å². The Kier molecular flexibility index (Phi) is 4.10. The van der Waals surface area contributed by atoms with E-state index in [0.717, 1.165) is 10.9 Å². The Hall–Kier alpha value is -1.81. The molecule has 1 atom stereocenters. The number of aromatic nitrogens is 2. The summed E-state index contributed by atoms with van der Waals surface area (Å²) in [7, 11) is 1.32. The first-order chi connectivity index (χ1) is 9.76. The summed E-state index contributed by atoms with van der Waals surface area (Å²) in [5.74, 6) is 0. The van der Waals surface area contributed by atoms with E-state index in [1.165, 1.54) is 7.05 Å². The van der Waals surface area contributed by atoms with Crippen molar-refractivity contribution in [2.24, 2.45) is 7.05 Å². The highest BCUT2D eigenvalue weighted by molar-refractivity contribution is 5.90. The maximum absolute atomic E-state index is 12.8. The Morgan fingerprint density at radius 3 is 2.86 bits per heavy atom. The number of aryl methyl sites for hydroxylation is 1.